The number of hydrogen-bond donors (Lipinski definition) is 0. The van der Waals surface area contributed by atoms with Crippen LogP contribution in [0.4, 0.5) is 4.39 Å². The summed E-state index contributed by atoms with van der Waals surface area (Å²) < 4.78 is 20.4. The first-order valence-corrected chi connectivity index (χ1v) is 8.77. The van der Waals surface area contributed by atoms with Crippen LogP contribution < -0.4 is 4.80 Å². The molecule has 5 nitrogen and oxygen atoms in total. The molecule has 1 aromatic heterocycles. The van der Waals surface area contributed by atoms with Crippen molar-refractivity contribution in [2.24, 2.45) is 4.99 Å². The summed E-state index contributed by atoms with van der Waals surface area (Å²) in [6.45, 7) is 1.86. The number of hydrogen-bond acceptors (Lipinski definition) is 4. The predicted molar refractivity (Wildman–Crippen MR) is 97.2 cm³/mol. The lowest BCUT2D eigenvalue weighted by molar-refractivity contribution is -0.141. The molecule has 0 N–H and O–H groups in total. The first-order valence-electron chi connectivity index (χ1n) is 7.95. The van der Waals surface area contributed by atoms with Crippen LogP contribution in [0.2, 0.25) is 0 Å². The van der Waals surface area contributed by atoms with Crippen LogP contribution in [0.3, 0.4) is 0 Å². The van der Waals surface area contributed by atoms with Crippen molar-refractivity contribution in [3.8, 4) is 0 Å². The number of amides is 1. The summed E-state index contributed by atoms with van der Waals surface area (Å²) in [6.07, 6.45) is 0.155. The highest BCUT2D eigenvalue weighted by molar-refractivity contribution is 7.16. The number of aromatic nitrogens is 1. The van der Waals surface area contributed by atoms with Crippen LogP contribution in [0.25, 0.3) is 10.2 Å². The normalized spacial score (nSPS) is 11.7. The molecule has 0 unspecified atom stereocenters. The Labute approximate surface area is 153 Å². The minimum Gasteiger partial charge on any atom is -0.468 e. The number of halogens is 1. The number of ether oxygens (including phenoxy) is 1. The zero-order valence-corrected chi connectivity index (χ0v) is 15.2. The smallest absolute Gasteiger partial charge is 0.325 e. The third-order valence-electron chi connectivity index (χ3n) is 3.82. The van der Waals surface area contributed by atoms with Crippen molar-refractivity contribution >= 4 is 33.4 Å². The molecule has 0 aliphatic carbocycles. The van der Waals surface area contributed by atoms with Gasteiger partial charge in [-0.3, -0.25) is 9.59 Å². The van der Waals surface area contributed by atoms with Gasteiger partial charge in [-0.1, -0.05) is 41.2 Å². The van der Waals surface area contributed by atoms with Gasteiger partial charge in [0.05, 0.1) is 23.7 Å². The van der Waals surface area contributed by atoms with E-state index in [1.165, 1.54) is 19.2 Å². The Hall–Kier alpha value is -2.80. The van der Waals surface area contributed by atoms with Crippen molar-refractivity contribution < 1.29 is 18.7 Å². The Kier molecular flexibility index (Phi) is 5.27. The number of fused-ring (bicyclic) bond motifs is 1. The highest BCUT2D eigenvalue weighted by Gasteiger charge is 2.12. The van der Waals surface area contributed by atoms with Crippen LogP contribution in [0.1, 0.15) is 11.1 Å². The second kappa shape index (κ2) is 7.61. The summed E-state index contributed by atoms with van der Waals surface area (Å²) in [5.41, 5.74) is 2.56. The minimum absolute atomic E-state index is 0.0985. The van der Waals surface area contributed by atoms with Gasteiger partial charge in [0.2, 0.25) is 0 Å². The molecule has 26 heavy (non-hydrogen) atoms. The van der Waals surface area contributed by atoms with Crippen molar-refractivity contribution in [3.63, 3.8) is 0 Å². The fraction of sp³-hybridized carbons (Fsp3) is 0.211. The van der Waals surface area contributed by atoms with Gasteiger partial charge < -0.3 is 9.30 Å². The van der Waals surface area contributed by atoms with Gasteiger partial charge in [0.15, 0.2) is 4.80 Å². The topological polar surface area (TPSA) is 60.7 Å². The summed E-state index contributed by atoms with van der Waals surface area (Å²) in [6, 6.07) is 11.9. The molecular formula is C19H17FN2O3S. The molecule has 0 saturated heterocycles. The van der Waals surface area contributed by atoms with Crippen LogP contribution in [-0.4, -0.2) is 23.6 Å². The monoisotopic (exact) mass is 372 g/mol. The predicted octanol–water partition coefficient (Wildman–Crippen LogP) is 2.99. The number of thiazole rings is 1. The van der Waals surface area contributed by atoms with Crippen molar-refractivity contribution in [1.29, 1.82) is 0 Å². The van der Waals surface area contributed by atoms with Crippen LogP contribution in [0.15, 0.2) is 47.5 Å². The quantitative estimate of drug-likeness (QED) is 0.662. The van der Waals surface area contributed by atoms with Crippen molar-refractivity contribution in [3.05, 3.63) is 64.2 Å². The van der Waals surface area contributed by atoms with Gasteiger partial charge in [-0.25, -0.2) is 4.39 Å². The average molecular weight is 372 g/mol. The summed E-state index contributed by atoms with van der Waals surface area (Å²) in [5.74, 6) is -1.19. The molecule has 0 saturated carbocycles. The molecule has 134 valence electrons. The second-order valence-electron chi connectivity index (χ2n) is 5.83. The molecule has 3 aromatic rings. The van der Waals surface area contributed by atoms with Gasteiger partial charge in [-0.2, -0.15) is 4.99 Å². The molecule has 3 rings (SSSR count). The molecule has 0 aliphatic heterocycles. The van der Waals surface area contributed by atoms with Crippen molar-refractivity contribution in [2.45, 2.75) is 19.9 Å². The largest absolute Gasteiger partial charge is 0.468 e. The Morgan fingerprint density at radius 2 is 2.04 bits per heavy atom. The van der Waals surface area contributed by atoms with Gasteiger partial charge in [0, 0.05) is 0 Å². The number of nitrogens with zero attached hydrogens (tertiary/aromatic N) is 2. The standard InChI is InChI=1S/C19H17FN2O3S/c1-12-4-3-5-13(8-12)9-17(23)21-19-22(11-18(24)25-2)15-7-6-14(20)10-16(15)26-19/h3-8,10H,9,11H2,1-2H3. The van der Waals surface area contributed by atoms with E-state index in [1.54, 1.807) is 10.6 Å². The molecule has 0 spiro atoms. The van der Waals surface area contributed by atoms with Crippen molar-refractivity contribution in [2.75, 3.05) is 7.11 Å². The van der Waals surface area contributed by atoms with E-state index in [1.807, 2.05) is 31.2 Å². The molecule has 2 aromatic carbocycles. The fourth-order valence-electron chi connectivity index (χ4n) is 2.62. The maximum absolute atomic E-state index is 13.5. The van der Waals surface area contributed by atoms with E-state index in [-0.39, 0.29) is 24.7 Å². The van der Waals surface area contributed by atoms with E-state index in [0.717, 1.165) is 22.5 Å². The maximum atomic E-state index is 13.5. The molecule has 0 aliphatic rings. The number of rotatable bonds is 4. The molecule has 0 atom stereocenters. The number of carbonyl (C=O) groups is 2. The molecule has 1 amide bonds. The first kappa shape index (κ1) is 18.0. The zero-order chi connectivity index (χ0) is 18.7. The zero-order valence-electron chi connectivity index (χ0n) is 14.4. The van der Waals surface area contributed by atoms with Crippen LogP contribution >= 0.6 is 11.3 Å². The number of carbonyl (C=O) groups excluding carboxylic acids is 2. The van der Waals surface area contributed by atoms with E-state index in [9.17, 15) is 14.0 Å². The van der Waals surface area contributed by atoms with Gasteiger partial charge in [-0.05, 0) is 30.7 Å². The van der Waals surface area contributed by atoms with Gasteiger partial charge in [0.25, 0.3) is 5.91 Å². The molecule has 0 radical (unpaired) electrons. The van der Waals surface area contributed by atoms with Crippen molar-refractivity contribution in [1.82, 2.24) is 4.57 Å². The van der Waals surface area contributed by atoms with E-state index in [0.29, 0.717) is 15.0 Å². The minimum atomic E-state index is -0.471. The Bertz CT molecular complexity index is 1050. The van der Waals surface area contributed by atoms with E-state index in [4.69, 9.17) is 4.74 Å². The molecule has 0 fully saturated rings. The maximum Gasteiger partial charge on any atom is 0.325 e. The lowest BCUT2D eigenvalue weighted by Crippen LogP contribution is -2.22. The highest BCUT2D eigenvalue weighted by atomic mass is 32.1. The summed E-state index contributed by atoms with van der Waals surface area (Å²) in [7, 11) is 1.29. The van der Waals surface area contributed by atoms with E-state index < -0.39 is 5.97 Å². The Morgan fingerprint density at radius 3 is 2.77 bits per heavy atom. The lowest BCUT2D eigenvalue weighted by atomic mass is 10.1. The van der Waals surface area contributed by atoms with Gasteiger partial charge >= 0.3 is 5.97 Å². The highest BCUT2D eigenvalue weighted by Crippen LogP contribution is 2.19. The van der Waals surface area contributed by atoms with Gasteiger partial charge in [-0.15, -0.1) is 0 Å². The summed E-state index contributed by atoms with van der Waals surface area (Å²) in [4.78, 5) is 28.6. The van der Waals surface area contributed by atoms with Crippen LogP contribution in [0, 0.1) is 12.7 Å². The fourth-order valence-corrected chi connectivity index (χ4v) is 3.69. The Balaban J connectivity index is 2.01. The third-order valence-corrected chi connectivity index (χ3v) is 4.86. The Morgan fingerprint density at radius 1 is 1.23 bits per heavy atom. The first-order chi connectivity index (χ1) is 12.5. The third kappa shape index (κ3) is 4.05. The van der Waals surface area contributed by atoms with Crippen LogP contribution in [-0.2, 0) is 27.3 Å². The number of aryl methyl sites for hydroxylation is 1. The SMILES string of the molecule is COC(=O)Cn1c(=NC(=O)Cc2cccc(C)c2)sc2cc(F)ccc21. The molecule has 7 heteroatoms. The average Bonchev–Trinajstić information content (AvgIpc) is 2.90. The lowest BCUT2D eigenvalue weighted by Gasteiger charge is -2.03. The number of methoxy groups -OCH3 is 1. The summed E-state index contributed by atoms with van der Waals surface area (Å²) >= 11 is 1.16. The number of esters is 1. The number of benzene rings is 2. The molecule has 0 bridgehead atoms. The molecule has 1 heterocycles. The van der Waals surface area contributed by atoms with Crippen LogP contribution in [0.5, 0.6) is 0 Å². The second-order valence-corrected chi connectivity index (χ2v) is 6.84. The van der Waals surface area contributed by atoms with E-state index >= 15 is 0 Å². The van der Waals surface area contributed by atoms with Gasteiger partial charge in [0.1, 0.15) is 12.4 Å². The summed E-state index contributed by atoms with van der Waals surface area (Å²) in [5, 5.41) is 0. The molecular weight excluding hydrogens is 355 g/mol. The van der Waals surface area contributed by atoms with E-state index in [2.05, 4.69) is 4.99 Å².